The molecule has 0 aliphatic carbocycles. The highest BCUT2D eigenvalue weighted by Crippen LogP contribution is 2.07. The summed E-state index contributed by atoms with van der Waals surface area (Å²) in [5.41, 5.74) is 0. The molecule has 27 heavy (non-hydrogen) atoms. The Bertz CT molecular complexity index is 517. The summed E-state index contributed by atoms with van der Waals surface area (Å²) in [6.07, 6.45) is 17.3. The number of unbranched alkanes of at least 4 members (excludes halogenated alkanes) is 6. The highest BCUT2D eigenvalue weighted by molar-refractivity contribution is 4.88. The van der Waals surface area contributed by atoms with Gasteiger partial charge in [-0.2, -0.15) is 0 Å². The van der Waals surface area contributed by atoms with E-state index in [0.717, 1.165) is 50.5 Å². The van der Waals surface area contributed by atoms with Gasteiger partial charge >= 0.3 is 0 Å². The molecular weight excluding hydrogens is 340 g/mol. The first-order valence-electron chi connectivity index (χ1n) is 10.1. The lowest BCUT2D eigenvalue weighted by atomic mass is 10.1. The Morgan fingerprint density at radius 2 is 0.852 bits per heavy atom. The van der Waals surface area contributed by atoms with Crippen molar-refractivity contribution in [3.63, 3.8) is 0 Å². The minimum Gasteiger partial charge on any atom is -0.381 e. The van der Waals surface area contributed by atoms with Crippen LogP contribution in [0.15, 0.2) is 36.9 Å². The van der Waals surface area contributed by atoms with Crippen LogP contribution in [0.2, 0.25) is 0 Å². The Hall–Kier alpha value is -1.92. The van der Waals surface area contributed by atoms with Gasteiger partial charge in [0.2, 0.25) is 0 Å². The van der Waals surface area contributed by atoms with Gasteiger partial charge in [-0.3, -0.25) is 0 Å². The molecule has 2 aromatic heterocycles. The van der Waals surface area contributed by atoms with E-state index in [0.29, 0.717) is 13.2 Å². The molecule has 6 nitrogen and oxygen atoms in total. The maximum absolute atomic E-state index is 5.65. The van der Waals surface area contributed by atoms with Gasteiger partial charge < -0.3 is 9.47 Å². The van der Waals surface area contributed by atoms with E-state index in [1.165, 1.54) is 32.1 Å². The number of nitrogens with zero attached hydrogens (tertiary/aromatic N) is 4. The monoisotopic (exact) mass is 372 g/mol. The molecule has 2 aromatic rings. The number of hydrogen-bond acceptors (Lipinski definition) is 6. The first-order chi connectivity index (χ1) is 13.4. The molecule has 0 amide bonds. The first-order valence-corrected chi connectivity index (χ1v) is 10.1. The van der Waals surface area contributed by atoms with Crippen molar-refractivity contribution in [1.82, 2.24) is 19.9 Å². The van der Waals surface area contributed by atoms with Crippen LogP contribution in [0.1, 0.15) is 56.6 Å². The summed E-state index contributed by atoms with van der Waals surface area (Å²) in [5, 5.41) is 0. The molecule has 0 N–H and O–H groups in total. The third-order valence-electron chi connectivity index (χ3n) is 4.26. The molecule has 148 valence electrons. The second kappa shape index (κ2) is 15.2. The number of aromatic nitrogens is 4. The normalized spacial score (nSPS) is 11.0. The van der Waals surface area contributed by atoms with Crippen molar-refractivity contribution in [1.29, 1.82) is 0 Å². The van der Waals surface area contributed by atoms with E-state index in [4.69, 9.17) is 9.47 Å². The number of ether oxygens (including phenoxy) is 2. The fourth-order valence-corrected chi connectivity index (χ4v) is 2.74. The van der Waals surface area contributed by atoms with Crippen molar-refractivity contribution in [3.05, 3.63) is 48.6 Å². The Labute approximate surface area is 162 Å². The van der Waals surface area contributed by atoms with Gasteiger partial charge in [0.15, 0.2) is 0 Å². The van der Waals surface area contributed by atoms with E-state index in [2.05, 4.69) is 19.9 Å². The zero-order valence-corrected chi connectivity index (χ0v) is 16.3. The molecule has 0 aliphatic heterocycles. The Morgan fingerprint density at radius 3 is 1.26 bits per heavy atom. The lowest BCUT2D eigenvalue weighted by Crippen LogP contribution is -2.03. The zero-order valence-electron chi connectivity index (χ0n) is 16.3. The predicted molar refractivity (Wildman–Crippen MR) is 105 cm³/mol. The van der Waals surface area contributed by atoms with Crippen molar-refractivity contribution in [3.8, 4) is 0 Å². The molecule has 0 bridgehead atoms. The predicted octanol–water partition coefficient (Wildman–Crippen LogP) is 3.82. The highest BCUT2D eigenvalue weighted by atomic mass is 16.5. The van der Waals surface area contributed by atoms with Crippen molar-refractivity contribution in [2.24, 2.45) is 0 Å². The van der Waals surface area contributed by atoms with E-state index >= 15 is 0 Å². The molecule has 0 unspecified atom stereocenters. The molecule has 0 radical (unpaired) electrons. The van der Waals surface area contributed by atoms with Crippen molar-refractivity contribution in [2.75, 3.05) is 26.4 Å². The summed E-state index contributed by atoms with van der Waals surface area (Å²) < 4.78 is 11.3. The maximum Gasteiger partial charge on any atom is 0.130 e. The average Bonchev–Trinajstić information content (AvgIpc) is 2.72. The largest absolute Gasteiger partial charge is 0.381 e. The summed E-state index contributed by atoms with van der Waals surface area (Å²) >= 11 is 0. The summed E-state index contributed by atoms with van der Waals surface area (Å²) in [6, 6.07) is 3.66. The molecule has 0 spiro atoms. The Morgan fingerprint density at radius 1 is 0.481 bits per heavy atom. The SMILES string of the molecule is c1cnc(CCOCCCCCCCCCOCCc2ncccn2)nc1. The Balaban J connectivity index is 1.26. The topological polar surface area (TPSA) is 70.0 Å². The minimum atomic E-state index is 0.709. The quantitative estimate of drug-likeness (QED) is 0.417. The summed E-state index contributed by atoms with van der Waals surface area (Å²) in [6.45, 7) is 3.10. The third kappa shape index (κ3) is 11.4. The molecule has 6 heteroatoms. The maximum atomic E-state index is 5.65. The fraction of sp³-hybridized carbons (Fsp3) is 0.619. The number of hydrogen-bond donors (Lipinski definition) is 0. The van der Waals surface area contributed by atoms with Gasteiger partial charge in [0.25, 0.3) is 0 Å². The van der Waals surface area contributed by atoms with E-state index < -0.39 is 0 Å². The van der Waals surface area contributed by atoms with Gasteiger partial charge in [-0.1, -0.05) is 32.1 Å². The molecule has 0 aromatic carbocycles. The smallest absolute Gasteiger partial charge is 0.130 e. The molecule has 0 aliphatic rings. The van der Waals surface area contributed by atoms with Crippen molar-refractivity contribution in [2.45, 2.75) is 57.8 Å². The van der Waals surface area contributed by atoms with Crippen LogP contribution in [0.25, 0.3) is 0 Å². The van der Waals surface area contributed by atoms with Crippen LogP contribution in [0.4, 0.5) is 0 Å². The molecule has 0 saturated carbocycles. The second-order valence-electron chi connectivity index (χ2n) is 6.53. The van der Waals surface area contributed by atoms with E-state index in [9.17, 15) is 0 Å². The zero-order chi connectivity index (χ0) is 18.8. The molecule has 0 fully saturated rings. The third-order valence-corrected chi connectivity index (χ3v) is 4.26. The molecule has 0 atom stereocenters. The van der Waals surface area contributed by atoms with Gasteiger partial charge in [0.1, 0.15) is 11.6 Å². The van der Waals surface area contributed by atoms with Crippen LogP contribution in [0.5, 0.6) is 0 Å². The van der Waals surface area contributed by atoms with Crippen LogP contribution in [-0.4, -0.2) is 46.4 Å². The molecular formula is C21H32N4O2. The summed E-state index contributed by atoms with van der Waals surface area (Å²) in [7, 11) is 0. The number of rotatable bonds is 16. The standard InChI is InChI=1S/C21H32N4O2/c1(2-4-6-16-26-18-10-20-22-12-8-13-23-20)3-5-7-17-27-19-11-21-24-14-9-15-25-21/h8-9,12-15H,1-7,10-11,16-19H2. The lowest BCUT2D eigenvalue weighted by Gasteiger charge is -2.05. The van der Waals surface area contributed by atoms with Crippen molar-refractivity contribution >= 4 is 0 Å². The average molecular weight is 373 g/mol. The van der Waals surface area contributed by atoms with Crippen LogP contribution in [0.3, 0.4) is 0 Å². The van der Waals surface area contributed by atoms with Crippen LogP contribution in [-0.2, 0) is 22.3 Å². The lowest BCUT2D eigenvalue weighted by molar-refractivity contribution is 0.130. The Kier molecular flexibility index (Phi) is 12.0. The van der Waals surface area contributed by atoms with Gasteiger partial charge in [-0.05, 0) is 25.0 Å². The summed E-state index contributed by atoms with van der Waals surface area (Å²) in [4.78, 5) is 16.7. The minimum absolute atomic E-state index is 0.709. The van der Waals surface area contributed by atoms with Crippen LogP contribution >= 0.6 is 0 Å². The van der Waals surface area contributed by atoms with Gasteiger partial charge in [0, 0.05) is 50.8 Å². The second-order valence-corrected chi connectivity index (χ2v) is 6.53. The van der Waals surface area contributed by atoms with Crippen LogP contribution < -0.4 is 0 Å². The van der Waals surface area contributed by atoms with Gasteiger partial charge in [0.05, 0.1) is 13.2 Å². The first kappa shape index (κ1) is 21.4. The van der Waals surface area contributed by atoms with E-state index in [1.807, 2.05) is 12.1 Å². The molecule has 0 saturated heterocycles. The van der Waals surface area contributed by atoms with E-state index in [1.54, 1.807) is 24.8 Å². The fourth-order valence-electron chi connectivity index (χ4n) is 2.74. The highest BCUT2D eigenvalue weighted by Gasteiger charge is 1.97. The van der Waals surface area contributed by atoms with Gasteiger partial charge in [-0.25, -0.2) is 19.9 Å². The van der Waals surface area contributed by atoms with Gasteiger partial charge in [-0.15, -0.1) is 0 Å². The molecule has 2 heterocycles. The summed E-state index contributed by atoms with van der Waals surface area (Å²) in [5.74, 6) is 1.71. The van der Waals surface area contributed by atoms with E-state index in [-0.39, 0.29) is 0 Å². The molecule has 2 rings (SSSR count). The van der Waals surface area contributed by atoms with Crippen molar-refractivity contribution < 1.29 is 9.47 Å². The van der Waals surface area contributed by atoms with Crippen LogP contribution in [0, 0.1) is 0 Å².